The van der Waals surface area contributed by atoms with Crippen LogP contribution in [0.2, 0.25) is 0 Å². The number of anilines is 3. The zero-order chi connectivity index (χ0) is 24.6. The topological polar surface area (TPSA) is 88.0 Å². The van der Waals surface area contributed by atoms with Gasteiger partial charge < -0.3 is 20.1 Å². The molecule has 0 aliphatic carbocycles. The molecule has 13 heteroatoms. The van der Waals surface area contributed by atoms with Crippen molar-refractivity contribution in [3.05, 3.63) is 47.2 Å². The predicted octanol–water partition coefficient (Wildman–Crippen LogP) is 4.30. The van der Waals surface area contributed by atoms with Gasteiger partial charge in [0.25, 0.3) is 0 Å². The van der Waals surface area contributed by atoms with Gasteiger partial charge in [-0.05, 0) is 34.1 Å². The molecule has 1 saturated heterocycles. The van der Waals surface area contributed by atoms with Crippen LogP contribution >= 0.6 is 15.9 Å². The number of piperidine rings is 1. The number of halogens is 5. The van der Waals surface area contributed by atoms with Gasteiger partial charge in [-0.15, -0.1) is 0 Å². The molecule has 1 aliphatic heterocycles. The lowest BCUT2D eigenvalue weighted by Crippen LogP contribution is -2.48. The third-order valence-corrected chi connectivity index (χ3v) is 6.04. The SMILES string of the molecule is C=CC(=O)Nc1cc2nc(N3C[C@H](F)C[C@@H](Nc4ncc(C(F)(F)F)cn4)C3)n(C)c2cc1Br. The van der Waals surface area contributed by atoms with Gasteiger partial charge in [0.1, 0.15) is 6.17 Å². The molecule has 1 fully saturated rings. The molecule has 3 heterocycles. The highest BCUT2D eigenvalue weighted by atomic mass is 79.9. The van der Waals surface area contributed by atoms with E-state index >= 15 is 0 Å². The summed E-state index contributed by atoms with van der Waals surface area (Å²) in [7, 11) is 1.79. The maximum absolute atomic E-state index is 14.6. The minimum Gasteiger partial charge on any atom is -0.350 e. The summed E-state index contributed by atoms with van der Waals surface area (Å²) in [6.07, 6.45) is -3.05. The van der Waals surface area contributed by atoms with Gasteiger partial charge in [0.15, 0.2) is 0 Å². The number of imidazole rings is 1. The molecule has 1 amide bonds. The van der Waals surface area contributed by atoms with Gasteiger partial charge in [0.2, 0.25) is 17.8 Å². The number of amides is 1. The Kier molecular flexibility index (Phi) is 6.47. The average molecular weight is 542 g/mol. The Labute approximate surface area is 200 Å². The number of alkyl halides is 4. The molecule has 2 atom stereocenters. The van der Waals surface area contributed by atoms with E-state index in [-0.39, 0.29) is 24.8 Å². The first kappa shape index (κ1) is 23.9. The second-order valence-corrected chi connectivity index (χ2v) is 8.71. The number of aromatic nitrogens is 4. The Morgan fingerprint density at radius 3 is 2.62 bits per heavy atom. The lowest BCUT2D eigenvalue weighted by Gasteiger charge is -2.35. The number of hydrogen-bond acceptors (Lipinski definition) is 6. The van der Waals surface area contributed by atoms with Crippen LogP contribution in [0.15, 0.2) is 41.7 Å². The number of nitrogens with zero attached hydrogens (tertiary/aromatic N) is 5. The van der Waals surface area contributed by atoms with E-state index in [1.807, 2.05) is 4.57 Å². The van der Waals surface area contributed by atoms with Gasteiger partial charge in [-0.25, -0.2) is 19.3 Å². The first-order valence-corrected chi connectivity index (χ1v) is 11.0. The summed E-state index contributed by atoms with van der Waals surface area (Å²) in [6, 6.07) is 3.05. The van der Waals surface area contributed by atoms with Crippen LogP contribution in [0, 0.1) is 0 Å². The van der Waals surface area contributed by atoms with Crippen LogP contribution in [0.5, 0.6) is 0 Å². The highest BCUT2D eigenvalue weighted by Gasteiger charge is 2.33. The smallest absolute Gasteiger partial charge is 0.350 e. The number of benzene rings is 1. The lowest BCUT2D eigenvalue weighted by molar-refractivity contribution is -0.138. The number of nitrogens with one attached hydrogen (secondary N) is 2. The van der Waals surface area contributed by atoms with Gasteiger partial charge in [0, 0.05) is 42.9 Å². The molecular weight excluding hydrogens is 522 g/mol. The van der Waals surface area contributed by atoms with E-state index in [1.165, 1.54) is 0 Å². The van der Waals surface area contributed by atoms with Gasteiger partial charge in [-0.2, -0.15) is 13.2 Å². The molecule has 0 spiro atoms. The summed E-state index contributed by atoms with van der Waals surface area (Å²) in [6.45, 7) is 3.87. The highest BCUT2D eigenvalue weighted by molar-refractivity contribution is 9.10. The van der Waals surface area contributed by atoms with Crippen LogP contribution in [0.1, 0.15) is 12.0 Å². The summed E-state index contributed by atoms with van der Waals surface area (Å²) in [5.41, 5.74) is 0.913. The fourth-order valence-electron chi connectivity index (χ4n) is 3.80. The number of carbonyl (C=O) groups excluding carboxylic acids is 1. The highest BCUT2D eigenvalue weighted by Crippen LogP contribution is 2.32. The van der Waals surface area contributed by atoms with Crippen molar-refractivity contribution >= 4 is 50.5 Å². The molecule has 180 valence electrons. The van der Waals surface area contributed by atoms with Crippen LogP contribution in [0.25, 0.3) is 11.0 Å². The second kappa shape index (κ2) is 9.20. The lowest BCUT2D eigenvalue weighted by atomic mass is 10.0. The van der Waals surface area contributed by atoms with E-state index in [9.17, 15) is 22.4 Å². The summed E-state index contributed by atoms with van der Waals surface area (Å²) >= 11 is 3.43. The molecule has 0 radical (unpaired) electrons. The molecule has 0 unspecified atom stereocenters. The van der Waals surface area contributed by atoms with Crippen molar-refractivity contribution in [2.75, 3.05) is 28.6 Å². The van der Waals surface area contributed by atoms with E-state index in [1.54, 1.807) is 24.1 Å². The van der Waals surface area contributed by atoms with Gasteiger partial charge in [-0.3, -0.25) is 4.79 Å². The van der Waals surface area contributed by atoms with Crippen molar-refractivity contribution in [2.45, 2.75) is 24.8 Å². The summed E-state index contributed by atoms with van der Waals surface area (Å²) in [4.78, 5) is 25.5. The molecule has 1 aliphatic rings. The molecule has 4 rings (SSSR count). The van der Waals surface area contributed by atoms with Crippen LogP contribution in [-0.2, 0) is 18.0 Å². The Morgan fingerprint density at radius 2 is 1.97 bits per heavy atom. The summed E-state index contributed by atoms with van der Waals surface area (Å²) < 4.78 is 55.3. The molecule has 2 N–H and O–H groups in total. The Bertz CT molecular complexity index is 1230. The van der Waals surface area contributed by atoms with Gasteiger partial charge >= 0.3 is 6.18 Å². The number of aryl methyl sites for hydroxylation is 1. The third kappa shape index (κ3) is 4.98. The Morgan fingerprint density at radius 1 is 1.26 bits per heavy atom. The van der Waals surface area contributed by atoms with E-state index in [0.29, 0.717) is 40.6 Å². The molecular formula is C21H20BrF4N7O. The van der Waals surface area contributed by atoms with Crippen LogP contribution in [0.3, 0.4) is 0 Å². The first-order chi connectivity index (χ1) is 16.0. The Hall–Kier alpha value is -3.22. The predicted molar refractivity (Wildman–Crippen MR) is 123 cm³/mol. The number of hydrogen-bond donors (Lipinski definition) is 2. The quantitative estimate of drug-likeness (QED) is 0.370. The van der Waals surface area contributed by atoms with E-state index in [0.717, 1.165) is 11.6 Å². The van der Waals surface area contributed by atoms with Crippen molar-refractivity contribution in [2.24, 2.45) is 7.05 Å². The van der Waals surface area contributed by atoms with E-state index in [2.05, 4.69) is 48.1 Å². The number of fused-ring (bicyclic) bond motifs is 1. The zero-order valence-electron chi connectivity index (χ0n) is 17.9. The minimum absolute atomic E-state index is 0.0106. The fourth-order valence-corrected chi connectivity index (χ4v) is 4.23. The maximum Gasteiger partial charge on any atom is 0.419 e. The van der Waals surface area contributed by atoms with Crippen molar-refractivity contribution in [3.63, 3.8) is 0 Å². The molecule has 1 aromatic carbocycles. The second-order valence-electron chi connectivity index (χ2n) is 7.86. The van der Waals surface area contributed by atoms with Crippen LogP contribution in [-0.4, -0.2) is 50.7 Å². The van der Waals surface area contributed by atoms with Crippen LogP contribution in [0.4, 0.5) is 35.1 Å². The minimum atomic E-state index is -4.53. The van der Waals surface area contributed by atoms with Gasteiger partial charge in [-0.1, -0.05) is 6.58 Å². The molecule has 0 bridgehead atoms. The number of carbonyl (C=O) groups is 1. The number of rotatable bonds is 5. The van der Waals surface area contributed by atoms with Crippen molar-refractivity contribution in [1.82, 2.24) is 19.5 Å². The van der Waals surface area contributed by atoms with Crippen molar-refractivity contribution < 1.29 is 22.4 Å². The van der Waals surface area contributed by atoms with Crippen LogP contribution < -0.4 is 15.5 Å². The summed E-state index contributed by atoms with van der Waals surface area (Å²) in [5, 5.41) is 5.61. The molecule has 34 heavy (non-hydrogen) atoms. The Balaban J connectivity index is 1.56. The molecule has 0 saturated carbocycles. The van der Waals surface area contributed by atoms with E-state index < -0.39 is 24.0 Å². The standard InChI is InChI=1S/C21H20BrF4N7O/c1-3-18(34)30-15-6-16-17(5-14(15)22)32(2)20(31-16)33-9-12(23)4-13(10-33)29-19-27-7-11(8-28-19)21(24,25)26/h3,5-8,12-13H,1,4,9-10H2,2H3,(H,30,34)(H,27,28,29)/t12-,13-/m1/s1. The summed E-state index contributed by atoms with van der Waals surface area (Å²) in [5.74, 6) is 0.132. The third-order valence-electron chi connectivity index (χ3n) is 5.38. The van der Waals surface area contributed by atoms with Crippen molar-refractivity contribution in [3.8, 4) is 0 Å². The molecule has 3 aromatic rings. The monoisotopic (exact) mass is 541 g/mol. The average Bonchev–Trinajstić information content (AvgIpc) is 3.08. The molecule has 8 nitrogen and oxygen atoms in total. The maximum atomic E-state index is 14.6. The van der Waals surface area contributed by atoms with E-state index in [4.69, 9.17) is 0 Å². The zero-order valence-corrected chi connectivity index (χ0v) is 19.5. The largest absolute Gasteiger partial charge is 0.419 e. The normalized spacial score (nSPS) is 18.7. The first-order valence-electron chi connectivity index (χ1n) is 10.2. The van der Waals surface area contributed by atoms with Crippen molar-refractivity contribution in [1.29, 1.82) is 0 Å². The van der Waals surface area contributed by atoms with Gasteiger partial charge in [0.05, 0.1) is 28.8 Å². The molecule has 2 aromatic heterocycles. The fraction of sp³-hybridized carbons (Fsp3) is 0.333.